The molecule has 2 N–H and O–H groups in total. The first-order valence-corrected chi connectivity index (χ1v) is 25.0. The fourth-order valence-electron chi connectivity index (χ4n) is 10.7. The summed E-state index contributed by atoms with van der Waals surface area (Å²) in [5, 5.41) is 35.2. The van der Waals surface area contributed by atoms with Crippen molar-refractivity contribution in [3.05, 3.63) is 53.9 Å². The average molecular weight is 966 g/mol. The lowest BCUT2D eigenvalue weighted by Crippen LogP contribution is -2.61. The third-order valence-corrected chi connectivity index (χ3v) is 15.2. The van der Waals surface area contributed by atoms with Gasteiger partial charge in [-0.15, -0.1) is 5.10 Å². The minimum Gasteiger partial charge on any atom is -0.460 e. The number of aliphatic hydroxyl groups is 2. The van der Waals surface area contributed by atoms with Crippen LogP contribution in [0.4, 0.5) is 0 Å². The molecule has 1 aromatic rings. The minimum atomic E-state index is -2.43. The van der Waals surface area contributed by atoms with Gasteiger partial charge in [-0.2, -0.15) is 0 Å². The summed E-state index contributed by atoms with van der Waals surface area (Å²) in [4.78, 5) is 72.3. The summed E-state index contributed by atoms with van der Waals surface area (Å²) in [5.41, 5.74) is 1.27. The first kappa shape index (κ1) is 55.7. The molecule has 4 heterocycles. The molecule has 0 radical (unpaired) electrons. The number of hydrogen-bond acceptors (Lipinski definition) is 15. The largest absolute Gasteiger partial charge is 0.460 e. The third-order valence-electron chi connectivity index (χ3n) is 15.2. The van der Waals surface area contributed by atoms with Gasteiger partial charge in [0.15, 0.2) is 5.78 Å². The molecular formula is C52H79N5O12. The van der Waals surface area contributed by atoms with Gasteiger partial charge in [-0.1, -0.05) is 71.1 Å². The lowest BCUT2D eigenvalue weighted by molar-refractivity contribution is -0.265. The SMILES string of the molecule is CO[C@H]1C[C@@H]2CC[C@H](C)[C@@](O)(O2)C(=O)C(=O)N2CCCC[C@H]2C(=O)O[C@H]([C@H](C)C[C@@H]2CC[C@H](n3cnnn3)[C@H](OC)C2)CC(=O)[C@@H](C)/C=C(\C)[C@@H](O)[C@H](OC)C(=O)[C@@H](C)C[C@@H](C)/C=C\C=CC=C1C. The summed E-state index contributed by atoms with van der Waals surface area (Å²) >= 11 is 0. The van der Waals surface area contributed by atoms with Gasteiger partial charge in [-0.3, -0.25) is 19.2 Å². The Labute approximate surface area is 408 Å². The van der Waals surface area contributed by atoms with Crippen molar-refractivity contribution in [1.82, 2.24) is 25.1 Å². The maximum Gasteiger partial charge on any atom is 0.329 e. The molecule has 0 spiro atoms. The van der Waals surface area contributed by atoms with E-state index in [1.54, 1.807) is 52.1 Å². The zero-order valence-corrected chi connectivity index (χ0v) is 42.5. The molecule has 1 saturated carbocycles. The minimum absolute atomic E-state index is 0.0170. The standard InChI is InChI=1S/C52H79N5O12/c1-31-16-12-11-13-17-32(2)43(65-8)28-39-21-19-37(7)52(64,69-39)49(61)50(62)56-23-15-14-18-41(56)51(63)68-44(34(4)26-38-20-22-40(45(27-38)66-9)57-30-53-54-55-57)29-42(58)33(3)25-36(6)47(60)48(67-10)46(59)35(5)24-31/h11-13,16-17,25,30-31,33-35,37-41,43-45,47-48,60,64H,14-15,18-24,26-29H2,1-10H3/b13-11?,16-12-,32-17?,36-25+/t31-,33-,34+,35-,37-,38-,39-,40-,41-,43-,44-,45+,47+,48+,52+/m0/s1. The smallest absolute Gasteiger partial charge is 0.329 e. The molecule has 2 saturated heterocycles. The number of esters is 1. The van der Waals surface area contributed by atoms with Crippen LogP contribution in [0.15, 0.2) is 53.9 Å². The molecule has 2 bridgehead atoms. The number of carbonyl (C=O) groups excluding carboxylic acids is 5. The van der Waals surface area contributed by atoms with Crippen LogP contribution in [0, 0.1) is 35.5 Å². The number of amides is 1. The molecule has 15 atom stereocenters. The quantitative estimate of drug-likeness (QED) is 0.181. The van der Waals surface area contributed by atoms with E-state index in [0.717, 1.165) is 18.4 Å². The number of piperidine rings is 1. The number of methoxy groups -OCH3 is 3. The van der Waals surface area contributed by atoms with E-state index in [1.165, 1.54) is 12.0 Å². The highest BCUT2D eigenvalue weighted by Crippen LogP contribution is 2.39. The Hall–Kier alpha value is -4.26. The lowest BCUT2D eigenvalue weighted by Gasteiger charge is -2.42. The van der Waals surface area contributed by atoms with Gasteiger partial charge in [0.05, 0.1) is 24.4 Å². The summed E-state index contributed by atoms with van der Waals surface area (Å²) in [6.45, 7) is 12.8. The molecule has 1 aliphatic carbocycles. The Morgan fingerprint density at radius 1 is 0.884 bits per heavy atom. The van der Waals surface area contributed by atoms with Crippen LogP contribution in [0.3, 0.4) is 0 Å². The highest BCUT2D eigenvalue weighted by molar-refractivity contribution is 6.39. The average Bonchev–Trinajstić information content (AvgIpc) is 3.88. The van der Waals surface area contributed by atoms with E-state index in [4.69, 9.17) is 23.7 Å². The van der Waals surface area contributed by atoms with Crippen LogP contribution >= 0.6 is 0 Å². The molecule has 0 aromatic carbocycles. The van der Waals surface area contributed by atoms with E-state index in [1.807, 2.05) is 58.1 Å². The molecule has 17 heteroatoms. The Morgan fingerprint density at radius 2 is 1.64 bits per heavy atom. The summed E-state index contributed by atoms with van der Waals surface area (Å²) in [7, 11) is 4.62. The number of fused-ring (bicyclic) bond motifs is 3. The predicted octanol–water partition coefficient (Wildman–Crippen LogP) is 6.05. The Kier molecular flexibility index (Phi) is 20.8. The number of nitrogens with zero attached hydrogens (tertiary/aromatic N) is 5. The molecule has 5 rings (SSSR count). The van der Waals surface area contributed by atoms with Gasteiger partial charge in [0, 0.05) is 58.5 Å². The maximum atomic E-state index is 14.5. The van der Waals surface area contributed by atoms with Gasteiger partial charge in [0.1, 0.15) is 36.5 Å². The molecule has 384 valence electrons. The first-order chi connectivity index (χ1) is 32.8. The number of allylic oxidation sites excluding steroid dienone is 6. The number of Topliss-reactive ketones (excluding diaryl/α,β-unsaturated/α-hetero) is 3. The van der Waals surface area contributed by atoms with Gasteiger partial charge in [-0.25, -0.2) is 9.48 Å². The zero-order chi connectivity index (χ0) is 50.6. The van der Waals surface area contributed by atoms with Crippen LogP contribution in [-0.4, -0.2) is 141 Å². The number of rotatable bonds is 7. The van der Waals surface area contributed by atoms with Crippen LogP contribution in [-0.2, 0) is 47.7 Å². The fourth-order valence-corrected chi connectivity index (χ4v) is 10.7. The van der Waals surface area contributed by atoms with Crippen molar-refractivity contribution in [3.63, 3.8) is 0 Å². The van der Waals surface area contributed by atoms with E-state index in [0.29, 0.717) is 56.9 Å². The lowest BCUT2D eigenvalue weighted by atomic mass is 9.77. The highest BCUT2D eigenvalue weighted by atomic mass is 16.6. The molecule has 4 aliphatic rings. The van der Waals surface area contributed by atoms with E-state index >= 15 is 0 Å². The van der Waals surface area contributed by atoms with Crippen LogP contribution in [0.1, 0.15) is 132 Å². The Balaban J connectivity index is 1.46. The molecule has 3 aliphatic heterocycles. The molecule has 0 unspecified atom stereocenters. The summed E-state index contributed by atoms with van der Waals surface area (Å²) < 4.78 is 31.6. The number of aliphatic hydroxyl groups excluding tert-OH is 1. The molecule has 69 heavy (non-hydrogen) atoms. The van der Waals surface area contributed by atoms with Crippen molar-refractivity contribution in [1.29, 1.82) is 0 Å². The van der Waals surface area contributed by atoms with Crippen LogP contribution < -0.4 is 0 Å². The normalized spacial score (nSPS) is 37.5. The molecule has 1 aromatic heterocycles. The molecular weight excluding hydrogens is 887 g/mol. The second kappa shape index (κ2) is 25.7. The third kappa shape index (κ3) is 14.2. The van der Waals surface area contributed by atoms with Crippen molar-refractivity contribution >= 4 is 29.2 Å². The number of aromatic nitrogens is 4. The number of carbonyl (C=O) groups is 5. The van der Waals surface area contributed by atoms with Crippen LogP contribution in [0.2, 0.25) is 0 Å². The summed E-state index contributed by atoms with van der Waals surface area (Å²) in [5.74, 6) is -7.92. The van der Waals surface area contributed by atoms with E-state index in [9.17, 15) is 34.2 Å². The molecule has 3 fully saturated rings. The van der Waals surface area contributed by atoms with Crippen molar-refractivity contribution in [2.24, 2.45) is 35.5 Å². The number of hydrogen-bond donors (Lipinski definition) is 2. The monoisotopic (exact) mass is 966 g/mol. The second-order valence-electron chi connectivity index (χ2n) is 20.4. The first-order valence-electron chi connectivity index (χ1n) is 25.0. The van der Waals surface area contributed by atoms with Gasteiger partial charge < -0.3 is 38.8 Å². The van der Waals surface area contributed by atoms with Gasteiger partial charge in [0.25, 0.3) is 11.7 Å². The molecule has 17 nitrogen and oxygen atoms in total. The van der Waals surface area contributed by atoms with Crippen molar-refractivity contribution in [3.8, 4) is 0 Å². The number of ketones is 3. The number of ether oxygens (including phenoxy) is 5. The highest BCUT2D eigenvalue weighted by Gasteiger charge is 2.53. The Bertz CT molecular complexity index is 2020. The predicted molar refractivity (Wildman–Crippen MR) is 256 cm³/mol. The molecule has 1 amide bonds. The maximum absolute atomic E-state index is 14.5. The van der Waals surface area contributed by atoms with Crippen LogP contribution in [0.25, 0.3) is 0 Å². The number of tetrazole rings is 1. The fraction of sp³-hybridized carbons (Fsp3) is 0.731. The second-order valence-corrected chi connectivity index (χ2v) is 20.4. The topological polar surface area (TPSA) is 219 Å². The van der Waals surface area contributed by atoms with Gasteiger partial charge >= 0.3 is 5.97 Å². The van der Waals surface area contributed by atoms with Crippen molar-refractivity contribution < 1.29 is 57.9 Å². The number of cyclic esters (lactones) is 1. The van der Waals surface area contributed by atoms with Crippen molar-refractivity contribution in [2.45, 2.75) is 180 Å². The Morgan fingerprint density at radius 3 is 2.32 bits per heavy atom. The van der Waals surface area contributed by atoms with E-state index in [2.05, 4.69) is 15.5 Å². The summed E-state index contributed by atoms with van der Waals surface area (Å²) in [6.07, 6.45) is 13.9. The van der Waals surface area contributed by atoms with E-state index in [-0.39, 0.29) is 60.9 Å². The summed E-state index contributed by atoms with van der Waals surface area (Å²) in [6, 6.07) is -1.19. The van der Waals surface area contributed by atoms with Crippen molar-refractivity contribution in [2.75, 3.05) is 27.9 Å². The van der Waals surface area contributed by atoms with Gasteiger partial charge in [-0.05, 0) is 117 Å². The van der Waals surface area contributed by atoms with Crippen LogP contribution in [0.5, 0.6) is 0 Å². The zero-order valence-electron chi connectivity index (χ0n) is 42.5. The van der Waals surface area contributed by atoms with E-state index < -0.39 is 77.8 Å². The van der Waals surface area contributed by atoms with Gasteiger partial charge in [0.2, 0.25) is 5.79 Å².